The maximum Gasteiger partial charge on any atom is 0.0877 e. The van der Waals surface area contributed by atoms with Gasteiger partial charge >= 0.3 is 0 Å². The zero-order chi connectivity index (χ0) is 14.4. The van der Waals surface area contributed by atoms with Gasteiger partial charge in [-0.15, -0.1) is 0 Å². The van der Waals surface area contributed by atoms with Crippen LogP contribution in [0.2, 0.25) is 0 Å². The molecule has 2 fully saturated rings. The molecule has 20 heavy (non-hydrogen) atoms. The summed E-state index contributed by atoms with van der Waals surface area (Å²) in [7, 11) is 1.90. The number of methoxy groups -OCH3 is 1. The summed E-state index contributed by atoms with van der Waals surface area (Å²) in [4.78, 5) is 0. The summed E-state index contributed by atoms with van der Waals surface area (Å²) in [5.41, 5.74) is -0.00540. The van der Waals surface area contributed by atoms with E-state index in [-0.39, 0.29) is 5.60 Å². The lowest BCUT2D eigenvalue weighted by atomic mass is 9.70. The van der Waals surface area contributed by atoms with Crippen LogP contribution in [0.5, 0.6) is 0 Å². The van der Waals surface area contributed by atoms with Gasteiger partial charge in [-0.2, -0.15) is 0 Å². The number of nitrogens with one attached hydrogen (secondary N) is 1. The molecule has 118 valence electrons. The standard InChI is InChI=1S/C17H33NO2/c1-4-14-7-6-8-15(13-14)16(18-5-2)17(19-3)9-11-20-12-10-17/h14-16,18H,4-13H2,1-3H3. The molecule has 1 aliphatic carbocycles. The smallest absolute Gasteiger partial charge is 0.0877 e. The van der Waals surface area contributed by atoms with Gasteiger partial charge in [0, 0.05) is 39.2 Å². The van der Waals surface area contributed by atoms with Crippen molar-refractivity contribution in [3.8, 4) is 0 Å². The van der Waals surface area contributed by atoms with Crippen LogP contribution in [-0.4, -0.2) is 38.5 Å². The number of ether oxygens (including phenoxy) is 2. The first-order valence-electron chi connectivity index (χ1n) is 8.62. The van der Waals surface area contributed by atoms with Crippen molar-refractivity contribution in [3.63, 3.8) is 0 Å². The van der Waals surface area contributed by atoms with E-state index in [1.54, 1.807) is 0 Å². The molecule has 3 atom stereocenters. The molecule has 3 nitrogen and oxygen atoms in total. The quantitative estimate of drug-likeness (QED) is 0.810. The monoisotopic (exact) mass is 283 g/mol. The van der Waals surface area contributed by atoms with E-state index in [0.717, 1.165) is 44.4 Å². The maximum absolute atomic E-state index is 6.07. The van der Waals surface area contributed by atoms with Crippen molar-refractivity contribution in [1.29, 1.82) is 0 Å². The zero-order valence-electron chi connectivity index (χ0n) is 13.6. The van der Waals surface area contributed by atoms with Crippen molar-refractivity contribution in [2.24, 2.45) is 11.8 Å². The third-order valence-electron chi connectivity index (χ3n) is 5.61. The molecule has 0 bridgehead atoms. The van der Waals surface area contributed by atoms with Gasteiger partial charge in [-0.25, -0.2) is 0 Å². The van der Waals surface area contributed by atoms with Crippen LogP contribution in [0.3, 0.4) is 0 Å². The highest BCUT2D eigenvalue weighted by Crippen LogP contribution is 2.40. The van der Waals surface area contributed by atoms with Gasteiger partial charge in [-0.05, 0) is 31.2 Å². The summed E-state index contributed by atoms with van der Waals surface area (Å²) in [5.74, 6) is 1.69. The lowest BCUT2D eigenvalue weighted by molar-refractivity contribution is -0.124. The summed E-state index contributed by atoms with van der Waals surface area (Å²) >= 11 is 0. The minimum Gasteiger partial charge on any atom is -0.381 e. The largest absolute Gasteiger partial charge is 0.381 e. The Balaban J connectivity index is 2.11. The Morgan fingerprint density at radius 3 is 2.60 bits per heavy atom. The summed E-state index contributed by atoms with van der Waals surface area (Å²) < 4.78 is 11.6. The third kappa shape index (κ3) is 3.55. The van der Waals surface area contributed by atoms with Crippen molar-refractivity contribution in [2.75, 3.05) is 26.9 Å². The van der Waals surface area contributed by atoms with E-state index in [9.17, 15) is 0 Å². The number of hydrogen-bond acceptors (Lipinski definition) is 3. The summed E-state index contributed by atoms with van der Waals surface area (Å²) in [6, 6.07) is 0.496. The van der Waals surface area contributed by atoms with Crippen LogP contribution in [0.4, 0.5) is 0 Å². The minimum absolute atomic E-state index is 0.00540. The molecular formula is C17H33NO2. The van der Waals surface area contributed by atoms with Gasteiger partial charge in [0.2, 0.25) is 0 Å². The molecule has 1 N–H and O–H groups in total. The predicted molar refractivity (Wildman–Crippen MR) is 83.0 cm³/mol. The molecular weight excluding hydrogens is 250 g/mol. The van der Waals surface area contributed by atoms with E-state index in [2.05, 4.69) is 19.2 Å². The fourth-order valence-corrected chi connectivity index (χ4v) is 4.37. The highest BCUT2D eigenvalue weighted by molar-refractivity contribution is 4.99. The van der Waals surface area contributed by atoms with Gasteiger partial charge in [0.15, 0.2) is 0 Å². The second kappa shape index (κ2) is 7.77. The second-order valence-corrected chi connectivity index (χ2v) is 6.62. The summed E-state index contributed by atoms with van der Waals surface area (Å²) in [6.45, 7) is 7.29. The molecule has 0 spiro atoms. The van der Waals surface area contributed by atoms with Gasteiger partial charge in [-0.3, -0.25) is 0 Å². The molecule has 0 amide bonds. The van der Waals surface area contributed by atoms with E-state index in [4.69, 9.17) is 9.47 Å². The van der Waals surface area contributed by atoms with E-state index < -0.39 is 0 Å². The molecule has 0 aromatic rings. The average molecular weight is 283 g/mol. The average Bonchev–Trinajstić information content (AvgIpc) is 2.53. The maximum atomic E-state index is 6.07. The Labute approximate surface area is 124 Å². The van der Waals surface area contributed by atoms with Crippen molar-refractivity contribution >= 4 is 0 Å². The lowest BCUT2D eigenvalue weighted by Crippen LogP contribution is -2.58. The third-order valence-corrected chi connectivity index (χ3v) is 5.61. The van der Waals surface area contributed by atoms with Crippen molar-refractivity contribution < 1.29 is 9.47 Å². The molecule has 1 heterocycles. The molecule has 3 heteroatoms. The Bertz CT molecular complexity index is 276. The first-order valence-corrected chi connectivity index (χ1v) is 8.62. The molecule has 2 rings (SSSR count). The minimum atomic E-state index is -0.00540. The lowest BCUT2D eigenvalue weighted by Gasteiger charge is -2.47. The summed E-state index contributed by atoms with van der Waals surface area (Å²) in [5, 5.41) is 3.78. The Morgan fingerprint density at radius 1 is 1.25 bits per heavy atom. The van der Waals surface area contributed by atoms with Gasteiger partial charge in [0.1, 0.15) is 0 Å². The van der Waals surface area contributed by atoms with Crippen LogP contribution in [0.25, 0.3) is 0 Å². The van der Waals surface area contributed by atoms with Gasteiger partial charge < -0.3 is 14.8 Å². The summed E-state index contributed by atoms with van der Waals surface area (Å²) in [6.07, 6.45) is 8.96. The predicted octanol–water partition coefficient (Wildman–Crippen LogP) is 3.38. The van der Waals surface area contributed by atoms with Gasteiger partial charge in [-0.1, -0.05) is 33.1 Å². The van der Waals surface area contributed by atoms with Crippen LogP contribution in [0.15, 0.2) is 0 Å². The second-order valence-electron chi connectivity index (χ2n) is 6.62. The molecule has 0 radical (unpaired) electrons. The van der Waals surface area contributed by atoms with E-state index in [1.807, 2.05) is 7.11 Å². The molecule has 3 unspecified atom stereocenters. The Kier molecular flexibility index (Phi) is 6.31. The van der Waals surface area contributed by atoms with Gasteiger partial charge in [0.25, 0.3) is 0 Å². The van der Waals surface area contributed by atoms with Crippen LogP contribution in [0.1, 0.15) is 58.8 Å². The normalized spacial score (nSPS) is 31.9. The van der Waals surface area contributed by atoms with Gasteiger partial charge in [0.05, 0.1) is 5.60 Å². The van der Waals surface area contributed by atoms with E-state index >= 15 is 0 Å². The van der Waals surface area contributed by atoms with Crippen molar-refractivity contribution in [3.05, 3.63) is 0 Å². The van der Waals surface area contributed by atoms with Crippen LogP contribution < -0.4 is 5.32 Å². The van der Waals surface area contributed by atoms with Crippen LogP contribution in [-0.2, 0) is 9.47 Å². The molecule has 1 aliphatic heterocycles. The SMILES string of the molecule is CCNC(C1CCCC(CC)C1)C1(OC)CCOCC1. The molecule has 0 aromatic carbocycles. The number of rotatable bonds is 6. The van der Waals surface area contributed by atoms with Crippen molar-refractivity contribution in [2.45, 2.75) is 70.4 Å². The highest BCUT2D eigenvalue weighted by Gasteiger charge is 2.44. The number of likely N-dealkylation sites (N-methyl/N-ethyl adjacent to an activating group) is 1. The van der Waals surface area contributed by atoms with E-state index in [0.29, 0.717) is 6.04 Å². The highest BCUT2D eigenvalue weighted by atomic mass is 16.5. The zero-order valence-corrected chi connectivity index (χ0v) is 13.6. The first-order chi connectivity index (χ1) is 9.75. The Morgan fingerprint density at radius 2 is 2.00 bits per heavy atom. The molecule has 2 aliphatic rings. The molecule has 1 saturated carbocycles. The molecule has 0 aromatic heterocycles. The first kappa shape index (κ1) is 16.3. The fraction of sp³-hybridized carbons (Fsp3) is 1.00. The fourth-order valence-electron chi connectivity index (χ4n) is 4.37. The van der Waals surface area contributed by atoms with E-state index in [1.165, 1.54) is 32.1 Å². The van der Waals surface area contributed by atoms with Crippen LogP contribution >= 0.6 is 0 Å². The number of hydrogen-bond donors (Lipinski definition) is 1. The van der Waals surface area contributed by atoms with Crippen LogP contribution in [0, 0.1) is 11.8 Å². The molecule has 1 saturated heterocycles. The topological polar surface area (TPSA) is 30.5 Å². The van der Waals surface area contributed by atoms with Crippen molar-refractivity contribution in [1.82, 2.24) is 5.32 Å². The Hall–Kier alpha value is -0.120.